The average Bonchev–Trinajstić information content (AvgIpc) is 2.78. The third-order valence-electron chi connectivity index (χ3n) is 3.08. The molecule has 4 nitrogen and oxygen atoms in total. The third kappa shape index (κ3) is 2.90. The normalized spacial score (nSPS) is 12.6. The molecule has 96 valence electrons. The smallest absolute Gasteiger partial charge is 0.125 e. The first-order valence-corrected chi connectivity index (χ1v) is 6.16. The fourth-order valence-corrected chi connectivity index (χ4v) is 2.03. The van der Waals surface area contributed by atoms with Crippen LogP contribution in [0.15, 0.2) is 36.7 Å². The molecule has 0 saturated carbocycles. The van der Waals surface area contributed by atoms with E-state index in [2.05, 4.69) is 17.2 Å². The summed E-state index contributed by atoms with van der Waals surface area (Å²) in [7, 11) is 1.99. The van der Waals surface area contributed by atoms with Crippen LogP contribution in [0.5, 0.6) is 5.75 Å². The van der Waals surface area contributed by atoms with Crippen LogP contribution in [0.2, 0.25) is 0 Å². The zero-order valence-electron chi connectivity index (χ0n) is 10.8. The quantitative estimate of drug-likeness (QED) is 0.847. The van der Waals surface area contributed by atoms with Crippen molar-refractivity contribution >= 4 is 0 Å². The van der Waals surface area contributed by atoms with Crippen LogP contribution >= 0.6 is 0 Å². The summed E-state index contributed by atoms with van der Waals surface area (Å²) in [5.74, 6) is 1.39. The van der Waals surface area contributed by atoms with Crippen molar-refractivity contribution < 1.29 is 5.11 Å². The lowest BCUT2D eigenvalue weighted by Crippen LogP contribution is -2.23. The van der Waals surface area contributed by atoms with E-state index in [1.54, 1.807) is 12.3 Å². The Morgan fingerprint density at radius 1 is 1.39 bits per heavy atom. The van der Waals surface area contributed by atoms with Gasteiger partial charge in [-0.3, -0.25) is 0 Å². The van der Waals surface area contributed by atoms with Crippen LogP contribution in [0, 0.1) is 0 Å². The number of hydrogen-bond acceptors (Lipinski definition) is 3. The van der Waals surface area contributed by atoms with Crippen LogP contribution in [-0.2, 0) is 13.5 Å². The Morgan fingerprint density at radius 3 is 2.83 bits per heavy atom. The fraction of sp³-hybridized carbons (Fsp3) is 0.357. The number of aromatic nitrogens is 2. The Bertz CT molecular complexity index is 507. The van der Waals surface area contributed by atoms with E-state index in [1.165, 1.54) is 0 Å². The molecule has 0 bridgehead atoms. The lowest BCUT2D eigenvalue weighted by atomic mass is 10.1. The SMILES string of the molecule is C[C@H](NCCc1ccccc1O)c1nccn1C. The largest absolute Gasteiger partial charge is 0.508 e. The van der Waals surface area contributed by atoms with Gasteiger partial charge in [0.15, 0.2) is 0 Å². The molecule has 0 amide bonds. The number of benzene rings is 1. The summed E-state index contributed by atoms with van der Waals surface area (Å²) < 4.78 is 2.01. The van der Waals surface area contributed by atoms with Crippen molar-refractivity contribution in [1.29, 1.82) is 0 Å². The van der Waals surface area contributed by atoms with Gasteiger partial charge in [-0.1, -0.05) is 18.2 Å². The van der Waals surface area contributed by atoms with E-state index in [1.807, 2.05) is 36.0 Å². The van der Waals surface area contributed by atoms with E-state index in [0.717, 1.165) is 24.4 Å². The summed E-state index contributed by atoms with van der Waals surface area (Å²) in [6.45, 7) is 2.90. The van der Waals surface area contributed by atoms with Gasteiger partial charge < -0.3 is 15.0 Å². The molecule has 0 saturated heterocycles. The monoisotopic (exact) mass is 245 g/mol. The van der Waals surface area contributed by atoms with Gasteiger partial charge >= 0.3 is 0 Å². The molecule has 0 spiro atoms. The van der Waals surface area contributed by atoms with Crippen LogP contribution in [0.3, 0.4) is 0 Å². The third-order valence-corrected chi connectivity index (χ3v) is 3.08. The highest BCUT2D eigenvalue weighted by molar-refractivity contribution is 5.31. The molecule has 1 aromatic heterocycles. The van der Waals surface area contributed by atoms with Crippen molar-refractivity contribution in [2.75, 3.05) is 6.54 Å². The second-order valence-electron chi connectivity index (χ2n) is 4.45. The number of phenols is 1. The molecular weight excluding hydrogens is 226 g/mol. The van der Waals surface area contributed by atoms with Crippen LogP contribution in [0.1, 0.15) is 24.4 Å². The molecule has 0 aliphatic rings. The maximum absolute atomic E-state index is 9.66. The summed E-state index contributed by atoms with van der Waals surface area (Å²) in [5, 5.41) is 13.1. The predicted molar refractivity (Wildman–Crippen MR) is 71.4 cm³/mol. The highest BCUT2D eigenvalue weighted by Gasteiger charge is 2.09. The summed E-state index contributed by atoms with van der Waals surface area (Å²) >= 11 is 0. The molecule has 4 heteroatoms. The lowest BCUT2D eigenvalue weighted by Gasteiger charge is -2.13. The summed E-state index contributed by atoms with van der Waals surface area (Å²) in [5.41, 5.74) is 0.969. The zero-order valence-corrected chi connectivity index (χ0v) is 10.8. The van der Waals surface area contributed by atoms with Crippen molar-refractivity contribution in [3.8, 4) is 5.75 Å². The molecule has 2 aromatic rings. The van der Waals surface area contributed by atoms with Gasteiger partial charge in [-0.05, 0) is 31.5 Å². The molecule has 1 heterocycles. The van der Waals surface area contributed by atoms with Crippen molar-refractivity contribution in [1.82, 2.24) is 14.9 Å². The van der Waals surface area contributed by atoms with Gasteiger partial charge in [0.2, 0.25) is 0 Å². The minimum atomic E-state index is 0.204. The minimum Gasteiger partial charge on any atom is -0.508 e. The van der Waals surface area contributed by atoms with Crippen LogP contribution < -0.4 is 5.32 Å². The topological polar surface area (TPSA) is 50.1 Å². The maximum atomic E-state index is 9.66. The Kier molecular flexibility index (Phi) is 3.99. The standard InChI is InChI=1S/C14H19N3O/c1-11(14-16-9-10-17(14)2)15-8-7-12-5-3-4-6-13(12)18/h3-6,9-11,15,18H,7-8H2,1-2H3/t11-/m0/s1. The number of para-hydroxylation sites is 1. The van der Waals surface area contributed by atoms with E-state index in [0.29, 0.717) is 5.75 Å². The second kappa shape index (κ2) is 5.69. The average molecular weight is 245 g/mol. The van der Waals surface area contributed by atoms with Gasteiger partial charge in [-0.25, -0.2) is 4.98 Å². The number of nitrogens with one attached hydrogen (secondary N) is 1. The van der Waals surface area contributed by atoms with Gasteiger partial charge in [-0.15, -0.1) is 0 Å². The van der Waals surface area contributed by atoms with Gasteiger partial charge in [0, 0.05) is 19.4 Å². The first-order chi connectivity index (χ1) is 8.68. The summed E-state index contributed by atoms with van der Waals surface area (Å²) in [6.07, 6.45) is 4.55. The predicted octanol–water partition coefficient (Wildman–Crippen LogP) is 2.02. The molecular formula is C14H19N3O. The van der Waals surface area contributed by atoms with Gasteiger partial charge in [-0.2, -0.15) is 0 Å². The van der Waals surface area contributed by atoms with Crippen molar-refractivity contribution in [2.45, 2.75) is 19.4 Å². The van der Waals surface area contributed by atoms with Gasteiger partial charge in [0.1, 0.15) is 11.6 Å². The Labute approximate surface area is 107 Å². The number of rotatable bonds is 5. The van der Waals surface area contributed by atoms with E-state index in [4.69, 9.17) is 0 Å². The molecule has 1 atom stereocenters. The number of aromatic hydroxyl groups is 1. The highest BCUT2D eigenvalue weighted by atomic mass is 16.3. The van der Waals surface area contributed by atoms with Gasteiger partial charge in [0.25, 0.3) is 0 Å². The molecule has 1 aromatic carbocycles. The number of phenolic OH excluding ortho intramolecular Hbond substituents is 1. The Morgan fingerprint density at radius 2 is 2.17 bits per heavy atom. The van der Waals surface area contributed by atoms with Crippen molar-refractivity contribution in [3.63, 3.8) is 0 Å². The molecule has 2 N–H and O–H groups in total. The van der Waals surface area contributed by atoms with Crippen LogP contribution in [0.4, 0.5) is 0 Å². The fourth-order valence-electron chi connectivity index (χ4n) is 2.03. The van der Waals surface area contributed by atoms with E-state index in [9.17, 15) is 5.11 Å². The molecule has 0 radical (unpaired) electrons. The van der Waals surface area contributed by atoms with Crippen LogP contribution in [-0.4, -0.2) is 21.2 Å². The van der Waals surface area contributed by atoms with Crippen molar-refractivity contribution in [2.24, 2.45) is 7.05 Å². The molecule has 2 rings (SSSR count). The number of hydrogen-bond donors (Lipinski definition) is 2. The number of nitrogens with zero attached hydrogens (tertiary/aromatic N) is 2. The first-order valence-electron chi connectivity index (χ1n) is 6.16. The lowest BCUT2D eigenvalue weighted by molar-refractivity contribution is 0.464. The maximum Gasteiger partial charge on any atom is 0.125 e. The van der Waals surface area contributed by atoms with Crippen LogP contribution in [0.25, 0.3) is 0 Å². The minimum absolute atomic E-state index is 0.204. The molecule has 0 fully saturated rings. The molecule has 0 unspecified atom stereocenters. The molecule has 0 aliphatic carbocycles. The van der Waals surface area contributed by atoms with Gasteiger partial charge in [0.05, 0.1) is 6.04 Å². The second-order valence-corrected chi connectivity index (χ2v) is 4.45. The molecule has 18 heavy (non-hydrogen) atoms. The van der Waals surface area contributed by atoms with E-state index >= 15 is 0 Å². The summed E-state index contributed by atoms with van der Waals surface area (Å²) in [4.78, 5) is 4.31. The number of imidazole rings is 1. The van der Waals surface area contributed by atoms with E-state index in [-0.39, 0.29) is 6.04 Å². The molecule has 0 aliphatic heterocycles. The Balaban J connectivity index is 1.86. The Hall–Kier alpha value is -1.81. The first kappa shape index (κ1) is 12.6. The highest BCUT2D eigenvalue weighted by Crippen LogP contribution is 2.16. The number of aryl methyl sites for hydroxylation is 1. The van der Waals surface area contributed by atoms with E-state index < -0.39 is 0 Å². The van der Waals surface area contributed by atoms with Crippen molar-refractivity contribution in [3.05, 3.63) is 48.0 Å². The summed E-state index contributed by atoms with van der Waals surface area (Å²) in [6, 6.07) is 7.65. The zero-order chi connectivity index (χ0) is 13.0.